The third-order valence-electron chi connectivity index (χ3n) is 3.19. The van der Waals surface area contributed by atoms with Crippen molar-refractivity contribution in [1.82, 2.24) is 0 Å². The molecule has 1 unspecified atom stereocenters. The van der Waals surface area contributed by atoms with E-state index >= 15 is 0 Å². The first-order valence-corrected chi connectivity index (χ1v) is 6.57. The Hall–Kier alpha value is -1.35. The first kappa shape index (κ1) is 12.7. The maximum Gasteiger partial charge on any atom is 0.185 e. The molecule has 3 rings (SSSR count). The van der Waals surface area contributed by atoms with E-state index in [1.165, 1.54) is 0 Å². The Morgan fingerprint density at radius 2 is 1.58 bits per heavy atom. The molecule has 1 radical (unpaired) electrons. The molecule has 0 N–H and O–H groups in total. The van der Waals surface area contributed by atoms with Crippen LogP contribution in [-0.2, 0) is 9.47 Å². The quantitative estimate of drug-likeness (QED) is 0.811. The zero-order valence-corrected chi connectivity index (χ0v) is 11.1. The van der Waals surface area contributed by atoms with E-state index in [4.69, 9.17) is 21.1 Å². The zero-order valence-electron chi connectivity index (χ0n) is 10.3. The Bertz CT molecular complexity index is 556. The molecule has 1 heterocycles. The first-order chi connectivity index (χ1) is 9.25. The lowest BCUT2D eigenvalue weighted by Gasteiger charge is -2.14. The third-order valence-corrected chi connectivity index (χ3v) is 3.53. The van der Waals surface area contributed by atoms with E-state index in [1.54, 1.807) is 0 Å². The molecule has 1 aliphatic rings. The minimum absolute atomic E-state index is 0.237. The molecule has 0 aliphatic carbocycles. The van der Waals surface area contributed by atoms with Gasteiger partial charge in [0.15, 0.2) is 6.29 Å². The fraction of sp³-hybridized carbons (Fsp3) is 0.188. The zero-order chi connectivity index (χ0) is 13.2. The summed E-state index contributed by atoms with van der Waals surface area (Å²) in [5.74, 6) is 0. The van der Waals surface area contributed by atoms with E-state index < -0.39 is 0 Å². The van der Waals surface area contributed by atoms with Gasteiger partial charge < -0.3 is 9.47 Å². The highest BCUT2D eigenvalue weighted by Crippen LogP contribution is 2.41. The Kier molecular flexibility index (Phi) is 3.56. The van der Waals surface area contributed by atoms with Crippen molar-refractivity contribution in [2.45, 2.75) is 18.5 Å². The van der Waals surface area contributed by atoms with Crippen molar-refractivity contribution in [3.63, 3.8) is 0 Å². The van der Waals surface area contributed by atoms with Gasteiger partial charge in [-0.1, -0.05) is 60.1 Å². The lowest BCUT2D eigenvalue weighted by atomic mass is 10.1. The summed E-state index contributed by atoms with van der Waals surface area (Å²) in [6.45, 7) is 4.01. The summed E-state index contributed by atoms with van der Waals surface area (Å²) < 4.78 is 11.7. The average molecular weight is 274 g/mol. The highest BCUT2D eigenvalue weighted by Gasteiger charge is 2.35. The van der Waals surface area contributed by atoms with Crippen molar-refractivity contribution in [1.29, 1.82) is 0 Å². The summed E-state index contributed by atoms with van der Waals surface area (Å²) in [4.78, 5) is 0. The second kappa shape index (κ2) is 5.33. The molecule has 1 saturated heterocycles. The highest BCUT2D eigenvalue weighted by molar-refractivity contribution is 6.31. The van der Waals surface area contributed by atoms with Crippen molar-refractivity contribution in [2.75, 3.05) is 0 Å². The Morgan fingerprint density at radius 1 is 0.895 bits per heavy atom. The maximum atomic E-state index is 6.20. The van der Waals surface area contributed by atoms with E-state index in [0.717, 1.165) is 11.1 Å². The predicted molar refractivity (Wildman–Crippen MR) is 74.7 cm³/mol. The number of rotatable bonds is 2. The average Bonchev–Trinajstić information content (AvgIpc) is 2.82. The molecule has 1 aliphatic heterocycles. The predicted octanol–water partition coefficient (Wildman–Crippen LogP) is 4.33. The van der Waals surface area contributed by atoms with Crippen molar-refractivity contribution in [3.8, 4) is 0 Å². The van der Waals surface area contributed by atoms with Gasteiger partial charge in [0.1, 0.15) is 6.10 Å². The molecule has 2 aromatic carbocycles. The standard InChI is InChI=1S/C16H14ClO2/c1-11-15(13-9-5-6-10-14(13)17)19-16(18-11)12-7-3-2-4-8-12/h2-11,15-16H,1H2/t11-,15+,16?/m1/s1. The summed E-state index contributed by atoms with van der Waals surface area (Å²) in [6.07, 6.45) is -0.894. The van der Waals surface area contributed by atoms with Crippen LogP contribution in [0.3, 0.4) is 0 Å². The van der Waals surface area contributed by atoms with Crippen LogP contribution in [0.2, 0.25) is 5.02 Å². The number of ether oxygens (including phenoxy) is 2. The van der Waals surface area contributed by atoms with Crippen molar-refractivity contribution in [3.05, 3.63) is 77.7 Å². The molecular formula is C16H14ClO2. The van der Waals surface area contributed by atoms with E-state index in [0.29, 0.717) is 5.02 Å². The number of hydrogen-bond acceptors (Lipinski definition) is 2. The second-order valence-corrected chi connectivity index (χ2v) is 4.90. The van der Waals surface area contributed by atoms with Gasteiger partial charge >= 0.3 is 0 Å². The Labute approximate surface area is 117 Å². The van der Waals surface area contributed by atoms with Crippen LogP contribution in [0.5, 0.6) is 0 Å². The van der Waals surface area contributed by atoms with E-state index in [1.807, 2.05) is 54.6 Å². The van der Waals surface area contributed by atoms with Gasteiger partial charge in [0.05, 0.1) is 6.10 Å². The summed E-state index contributed by atoms with van der Waals surface area (Å²) >= 11 is 6.20. The smallest absolute Gasteiger partial charge is 0.185 e. The Morgan fingerprint density at radius 3 is 2.32 bits per heavy atom. The van der Waals surface area contributed by atoms with E-state index in [-0.39, 0.29) is 18.5 Å². The van der Waals surface area contributed by atoms with Gasteiger partial charge in [-0.2, -0.15) is 0 Å². The van der Waals surface area contributed by atoms with E-state index in [9.17, 15) is 0 Å². The maximum absolute atomic E-state index is 6.20. The molecule has 2 aromatic rings. The number of halogens is 1. The van der Waals surface area contributed by atoms with Crippen LogP contribution in [-0.4, -0.2) is 6.10 Å². The highest BCUT2D eigenvalue weighted by atomic mass is 35.5. The van der Waals surface area contributed by atoms with Gasteiger partial charge in [-0.25, -0.2) is 0 Å². The molecule has 97 valence electrons. The molecule has 3 heteroatoms. The minimum atomic E-state index is -0.384. The van der Waals surface area contributed by atoms with E-state index in [2.05, 4.69) is 6.92 Å². The van der Waals surface area contributed by atoms with Crippen molar-refractivity contribution in [2.24, 2.45) is 0 Å². The van der Waals surface area contributed by atoms with Crippen LogP contribution >= 0.6 is 11.6 Å². The number of hydrogen-bond donors (Lipinski definition) is 0. The van der Waals surface area contributed by atoms with Crippen LogP contribution in [0.4, 0.5) is 0 Å². The SMILES string of the molecule is [CH2][C@H]1OC(c2ccccc2)O[C@@H]1c1ccccc1Cl. The lowest BCUT2D eigenvalue weighted by molar-refractivity contribution is -0.0657. The normalized spacial score (nSPS) is 26.5. The van der Waals surface area contributed by atoms with Crippen LogP contribution in [0, 0.1) is 6.92 Å². The summed E-state index contributed by atoms with van der Waals surface area (Å²) in [6, 6.07) is 17.5. The van der Waals surface area contributed by atoms with Gasteiger partial charge in [0.25, 0.3) is 0 Å². The summed E-state index contributed by atoms with van der Waals surface area (Å²) in [7, 11) is 0. The molecule has 1 fully saturated rings. The van der Waals surface area contributed by atoms with Gasteiger partial charge in [0, 0.05) is 16.1 Å². The van der Waals surface area contributed by atoms with Gasteiger partial charge in [-0.15, -0.1) is 0 Å². The fourth-order valence-corrected chi connectivity index (χ4v) is 2.47. The fourth-order valence-electron chi connectivity index (χ4n) is 2.23. The van der Waals surface area contributed by atoms with Gasteiger partial charge in [-0.3, -0.25) is 0 Å². The monoisotopic (exact) mass is 273 g/mol. The topological polar surface area (TPSA) is 18.5 Å². The molecule has 0 amide bonds. The molecule has 2 nitrogen and oxygen atoms in total. The molecule has 0 bridgehead atoms. The summed E-state index contributed by atoms with van der Waals surface area (Å²) in [5, 5.41) is 0.679. The molecule has 19 heavy (non-hydrogen) atoms. The van der Waals surface area contributed by atoms with Gasteiger partial charge in [-0.05, 0) is 13.0 Å². The molecule has 0 saturated carbocycles. The molecule has 3 atom stereocenters. The molecular weight excluding hydrogens is 260 g/mol. The van der Waals surface area contributed by atoms with Crippen LogP contribution < -0.4 is 0 Å². The van der Waals surface area contributed by atoms with Gasteiger partial charge in [0.2, 0.25) is 0 Å². The number of benzene rings is 2. The lowest BCUT2D eigenvalue weighted by Crippen LogP contribution is -2.10. The Balaban J connectivity index is 1.85. The van der Waals surface area contributed by atoms with Crippen molar-refractivity contribution >= 4 is 11.6 Å². The third kappa shape index (κ3) is 2.52. The van der Waals surface area contributed by atoms with Crippen LogP contribution in [0.15, 0.2) is 54.6 Å². The van der Waals surface area contributed by atoms with Crippen LogP contribution in [0.25, 0.3) is 0 Å². The molecule has 0 aromatic heterocycles. The summed E-state index contributed by atoms with van der Waals surface area (Å²) in [5.41, 5.74) is 1.91. The largest absolute Gasteiger partial charge is 0.342 e. The minimum Gasteiger partial charge on any atom is -0.342 e. The van der Waals surface area contributed by atoms with Crippen molar-refractivity contribution < 1.29 is 9.47 Å². The molecule has 0 spiro atoms. The van der Waals surface area contributed by atoms with Crippen LogP contribution in [0.1, 0.15) is 23.5 Å². The first-order valence-electron chi connectivity index (χ1n) is 6.19. The second-order valence-electron chi connectivity index (χ2n) is 4.50.